The molecule has 0 heterocycles. The first-order valence-electron chi connectivity index (χ1n) is 27.0. The van der Waals surface area contributed by atoms with E-state index in [-0.39, 0.29) is 69.6 Å². The molecule has 0 unspecified atom stereocenters. The molecule has 0 aromatic heterocycles. The van der Waals surface area contributed by atoms with E-state index in [1.165, 1.54) is 86.0 Å². The molecule has 0 fully saturated rings. The quantitative estimate of drug-likeness (QED) is 0.0162. The Morgan fingerprint density at radius 2 is 1.00 bits per heavy atom. The average molecular weight is 1290 g/mol. The minimum Gasteiger partial charge on any atom is -0.495 e. The number of nitrogens with one attached hydrogen (secondary N) is 2. The van der Waals surface area contributed by atoms with Crippen LogP contribution in [0, 0.1) is 6.92 Å². The van der Waals surface area contributed by atoms with Crippen LogP contribution in [0.4, 0.5) is 34.1 Å². The number of rotatable bonds is 19. The van der Waals surface area contributed by atoms with E-state index in [4.69, 9.17) is 96.6 Å². The molecule has 0 aliphatic heterocycles. The molecule has 0 spiro atoms. The van der Waals surface area contributed by atoms with E-state index >= 15 is 0 Å². The number of aliphatic carboxylic acids is 2. The Morgan fingerprint density at radius 1 is 0.478 bits per heavy atom. The van der Waals surface area contributed by atoms with Gasteiger partial charge in [0.05, 0.1) is 75.4 Å². The van der Waals surface area contributed by atoms with Crippen LogP contribution in [0.1, 0.15) is 86.1 Å². The van der Waals surface area contributed by atoms with Crippen LogP contribution in [0.2, 0.25) is 5.02 Å². The van der Waals surface area contributed by atoms with Crippen molar-refractivity contribution in [2.24, 2.45) is 5.73 Å². The summed E-state index contributed by atoms with van der Waals surface area (Å²) in [6.45, 7) is 4.22. The maximum Gasteiger partial charge on any atom is 0.343 e. The fraction of sp³-hybridized carbons (Fsp3) is 0.141. The molecule has 28 heteroatoms. The maximum atomic E-state index is 12.0. The molecular weight excluding hydrogens is 1220 g/mol. The van der Waals surface area contributed by atoms with Crippen LogP contribution in [0.15, 0.2) is 158 Å². The fourth-order valence-corrected chi connectivity index (χ4v) is 7.35. The Balaban J connectivity index is 0.000000293. The summed E-state index contributed by atoms with van der Waals surface area (Å²) in [6, 6.07) is 40.1. The molecule has 8 aromatic carbocycles. The zero-order valence-electron chi connectivity index (χ0n) is 49.5. The highest BCUT2D eigenvalue weighted by molar-refractivity contribution is 6.33. The van der Waals surface area contributed by atoms with Crippen molar-refractivity contribution >= 4 is 110 Å². The molecule has 484 valence electrons. The van der Waals surface area contributed by atoms with Crippen LogP contribution in [0.5, 0.6) is 17.2 Å². The van der Waals surface area contributed by atoms with Gasteiger partial charge in [-0.3, -0.25) is 14.4 Å². The number of amides is 1. The van der Waals surface area contributed by atoms with Crippen molar-refractivity contribution in [1.29, 1.82) is 0 Å². The Kier molecular flexibility index (Phi) is 30.4. The Morgan fingerprint density at radius 3 is 1.53 bits per heavy atom. The maximum absolute atomic E-state index is 12.0. The number of anilines is 6. The first-order valence-corrected chi connectivity index (χ1v) is 27.4. The molecular formula is C64H68ClN9O18. The third-order valence-corrected chi connectivity index (χ3v) is 12.3. The lowest BCUT2D eigenvalue weighted by Crippen LogP contribution is -2.33. The van der Waals surface area contributed by atoms with Crippen molar-refractivity contribution < 1.29 is 88.0 Å². The summed E-state index contributed by atoms with van der Waals surface area (Å²) in [4.78, 5) is 98.1. The van der Waals surface area contributed by atoms with E-state index in [0.29, 0.717) is 76.9 Å². The zero-order chi connectivity index (χ0) is 68.6. The predicted molar refractivity (Wildman–Crippen MR) is 346 cm³/mol. The molecule has 0 aliphatic rings. The summed E-state index contributed by atoms with van der Waals surface area (Å²) in [5, 5.41) is 59.3. The lowest BCUT2D eigenvalue weighted by atomic mass is 10.0. The molecule has 8 aromatic rings. The van der Waals surface area contributed by atoms with Gasteiger partial charge < -0.3 is 95.6 Å². The van der Waals surface area contributed by atoms with Gasteiger partial charge in [0.1, 0.15) is 11.5 Å². The number of carboxylic acid groups (broad SMARTS) is 6. The number of carbonyl (C=O) groups is 9. The molecule has 0 saturated heterocycles. The Bertz CT molecular complexity index is 3890. The summed E-state index contributed by atoms with van der Waals surface area (Å²) < 4.78 is 15.1. The number of hydrogen-bond acceptors (Lipinski definition) is 20. The number of fused-ring (bicyclic) bond motifs is 1. The lowest BCUT2D eigenvalue weighted by molar-refractivity contribution is -0.139. The smallest absolute Gasteiger partial charge is 0.343 e. The van der Waals surface area contributed by atoms with Crippen molar-refractivity contribution in [3.63, 3.8) is 0 Å². The van der Waals surface area contributed by atoms with Gasteiger partial charge >= 0.3 is 47.8 Å². The van der Waals surface area contributed by atoms with E-state index in [9.17, 15) is 43.2 Å². The first-order chi connectivity index (χ1) is 43.5. The molecule has 27 nitrogen and oxygen atoms in total. The van der Waals surface area contributed by atoms with E-state index < -0.39 is 47.8 Å². The lowest BCUT2D eigenvalue weighted by Gasteiger charge is -2.08. The molecule has 0 aliphatic carbocycles. The van der Waals surface area contributed by atoms with Gasteiger partial charge in [-0.05, 0) is 156 Å². The molecule has 0 bridgehead atoms. The molecule has 1 amide bonds. The topological polar surface area (TPSA) is 509 Å². The van der Waals surface area contributed by atoms with Crippen molar-refractivity contribution in [2.45, 2.75) is 26.2 Å². The van der Waals surface area contributed by atoms with E-state index in [1.807, 2.05) is 6.07 Å². The SMILES string of the molecule is COc1cc(C(=O)O)ccc1N.Cc1cc(C(=O)Oc2ccc(C(=O)O)cc2)ccc1N.NCCNCCNC(=O)CCC(=O)O.Nc1ccc(C(=O)Oc2cc(C(=O)O)ccc2N)cc1Cl.Nc1ccc(CC(=O)O)cc1.Nc1ccc2c(C(=O)O)cccc2c1. The van der Waals surface area contributed by atoms with Crippen LogP contribution < -0.4 is 65.0 Å². The number of aryl methyl sites for hydroxylation is 1. The van der Waals surface area contributed by atoms with Gasteiger partial charge in [-0.15, -0.1) is 0 Å². The largest absolute Gasteiger partial charge is 0.495 e. The highest BCUT2D eigenvalue weighted by Gasteiger charge is 2.16. The summed E-state index contributed by atoms with van der Waals surface area (Å²) in [5.41, 5.74) is 44.1. The number of halogens is 1. The number of nitrogens with two attached hydrogens (primary N) is 7. The highest BCUT2D eigenvalue weighted by atomic mass is 35.5. The number of esters is 2. The van der Waals surface area contributed by atoms with Crippen LogP contribution in [0.25, 0.3) is 10.8 Å². The molecule has 92 heavy (non-hydrogen) atoms. The van der Waals surface area contributed by atoms with Crippen molar-refractivity contribution in [2.75, 3.05) is 67.7 Å². The van der Waals surface area contributed by atoms with E-state index in [0.717, 1.165) is 16.5 Å². The molecule has 0 saturated carbocycles. The average Bonchev–Trinajstić information content (AvgIpc) is 0.926. The normalized spacial score (nSPS) is 9.91. The fourth-order valence-electron chi connectivity index (χ4n) is 7.17. The number of carboxylic acids is 6. The number of hydrogen-bond donors (Lipinski definition) is 15. The molecule has 0 radical (unpaired) electrons. The molecule has 0 atom stereocenters. The number of nitrogen functional groups attached to an aromatic ring is 6. The first kappa shape index (κ1) is 74.3. The summed E-state index contributed by atoms with van der Waals surface area (Å²) in [7, 11) is 1.44. The van der Waals surface area contributed by atoms with Crippen molar-refractivity contribution in [1.82, 2.24) is 10.6 Å². The Hall–Kier alpha value is -11.9. The number of ether oxygens (including phenoxy) is 3. The summed E-state index contributed by atoms with van der Waals surface area (Å²) in [5.74, 6) is -6.70. The van der Waals surface area contributed by atoms with Gasteiger partial charge in [-0.25, -0.2) is 28.8 Å². The highest BCUT2D eigenvalue weighted by Crippen LogP contribution is 2.27. The molecule has 22 N–H and O–H groups in total. The number of carbonyl (C=O) groups excluding carboxylic acids is 3. The third-order valence-electron chi connectivity index (χ3n) is 12.0. The second-order valence-corrected chi connectivity index (χ2v) is 19.3. The van der Waals surface area contributed by atoms with Gasteiger partial charge in [-0.1, -0.05) is 41.9 Å². The van der Waals surface area contributed by atoms with Gasteiger partial charge in [0.25, 0.3) is 0 Å². The zero-order valence-corrected chi connectivity index (χ0v) is 50.2. The number of methoxy groups -OCH3 is 1. The van der Waals surface area contributed by atoms with Gasteiger partial charge in [0, 0.05) is 49.7 Å². The van der Waals surface area contributed by atoms with E-state index in [2.05, 4.69) is 10.6 Å². The van der Waals surface area contributed by atoms with Crippen LogP contribution in [-0.4, -0.2) is 118 Å². The standard InChI is InChI=1S/C15H13NO4.C14H11ClN2O4.C11H9NO2.C8H17N3O3.C8H9NO3.C8H9NO2/c1-9-8-11(4-7-13(9)16)15(19)20-12-5-2-10(3-6-12)14(17)18;15-9-5-8(2-3-10(9)16)14(20)21-12-6-7(13(18)19)1-4-11(12)17;12-8-4-5-9-7(6-8)2-1-3-10(9)11(13)14;9-3-4-10-5-6-11-7(12)1-2-8(13)14;1-12-7-4-5(8(10)11)2-3-6(7)9;9-7-3-1-6(2-4-7)5-8(10)11/h2-8H,16H2,1H3,(H,17,18);1-6H,16-17H2,(H,18,19);1-6H,12H2,(H,13,14);10H,1-6,9H2,(H,11,12)(H,13,14);2-4H,9H2,1H3,(H,10,11);1-4H,5,9H2,(H,10,11). The minimum atomic E-state index is -1.15. The van der Waals surface area contributed by atoms with Gasteiger partial charge in [0.15, 0.2) is 5.75 Å². The third kappa shape index (κ3) is 26.2. The van der Waals surface area contributed by atoms with Crippen LogP contribution >= 0.6 is 11.6 Å². The van der Waals surface area contributed by atoms with Crippen LogP contribution in [0.3, 0.4) is 0 Å². The number of benzene rings is 8. The number of aromatic carboxylic acids is 4. The Labute approximate surface area is 530 Å². The second kappa shape index (κ2) is 37.7. The summed E-state index contributed by atoms with van der Waals surface area (Å²) >= 11 is 5.82. The second-order valence-electron chi connectivity index (χ2n) is 18.9. The predicted octanol–water partition coefficient (Wildman–Crippen LogP) is 7.42. The summed E-state index contributed by atoms with van der Waals surface area (Å²) in [6.07, 6.45) is -0.0332. The minimum absolute atomic E-state index is 0.0340. The monoisotopic (exact) mass is 1290 g/mol. The molecule has 8 rings (SSSR count). The van der Waals surface area contributed by atoms with Gasteiger partial charge in [-0.2, -0.15) is 0 Å². The van der Waals surface area contributed by atoms with E-state index in [1.54, 1.807) is 79.7 Å². The van der Waals surface area contributed by atoms with Crippen molar-refractivity contribution in [3.05, 3.63) is 207 Å². The van der Waals surface area contributed by atoms with Crippen molar-refractivity contribution in [3.8, 4) is 17.2 Å². The van der Waals surface area contributed by atoms with Gasteiger partial charge in [0.2, 0.25) is 5.91 Å². The van der Waals surface area contributed by atoms with Crippen LogP contribution in [-0.2, 0) is 20.8 Å².